The molecule has 0 heterocycles. The summed E-state index contributed by atoms with van der Waals surface area (Å²) in [5.41, 5.74) is 8.29. The lowest BCUT2D eigenvalue weighted by atomic mass is 10.0. The first-order valence-electron chi connectivity index (χ1n) is 8.92. The first kappa shape index (κ1) is 19.9. The Hall–Kier alpha value is -2.37. The van der Waals surface area contributed by atoms with Crippen LogP contribution in [0.3, 0.4) is 0 Å². The molecule has 0 aliphatic carbocycles. The van der Waals surface area contributed by atoms with Crippen molar-refractivity contribution < 1.29 is 14.6 Å². The van der Waals surface area contributed by atoms with Crippen molar-refractivity contribution in [2.75, 3.05) is 13.2 Å². The number of nitrogens with one attached hydrogen (secondary N) is 1. The molecule has 26 heavy (non-hydrogen) atoms. The second-order valence-electron chi connectivity index (χ2n) is 6.78. The molecule has 5 nitrogen and oxygen atoms in total. The monoisotopic (exact) mass is 356 g/mol. The van der Waals surface area contributed by atoms with Gasteiger partial charge in [0.05, 0.1) is 6.42 Å². The van der Waals surface area contributed by atoms with E-state index in [9.17, 15) is 9.90 Å². The molecule has 0 fully saturated rings. The normalized spacial score (nSPS) is 12.2. The number of primary amides is 1. The molecule has 2 aromatic rings. The molecule has 1 amide bonds. The topological polar surface area (TPSA) is 84.6 Å². The quantitative estimate of drug-likeness (QED) is 0.608. The van der Waals surface area contributed by atoms with E-state index in [4.69, 9.17) is 10.5 Å². The minimum Gasteiger partial charge on any atom is -0.491 e. The van der Waals surface area contributed by atoms with E-state index in [0.29, 0.717) is 24.8 Å². The Bertz CT molecular complexity index is 702. The fourth-order valence-corrected chi connectivity index (χ4v) is 2.66. The van der Waals surface area contributed by atoms with Crippen LogP contribution in [0.5, 0.6) is 5.75 Å². The number of carbonyl (C=O) groups excluding carboxylic acids is 1. The molecule has 0 radical (unpaired) electrons. The average molecular weight is 356 g/mol. The van der Waals surface area contributed by atoms with Gasteiger partial charge in [-0.25, -0.2) is 0 Å². The van der Waals surface area contributed by atoms with Gasteiger partial charge in [-0.05, 0) is 22.8 Å². The summed E-state index contributed by atoms with van der Waals surface area (Å²) in [7, 11) is 0. The van der Waals surface area contributed by atoms with Gasteiger partial charge in [0.15, 0.2) is 0 Å². The molecule has 0 aromatic heterocycles. The average Bonchev–Trinajstić information content (AvgIpc) is 2.59. The number of nitrogens with two attached hydrogens (primary N) is 1. The summed E-state index contributed by atoms with van der Waals surface area (Å²) in [6, 6.07) is 16.0. The van der Waals surface area contributed by atoms with Crippen LogP contribution in [0.4, 0.5) is 0 Å². The summed E-state index contributed by atoms with van der Waals surface area (Å²) in [6.07, 6.45) is 0.291. The highest BCUT2D eigenvalue weighted by molar-refractivity contribution is 5.76. The Balaban J connectivity index is 2.11. The highest BCUT2D eigenvalue weighted by Gasteiger charge is 2.11. The minimum atomic E-state index is -0.590. The zero-order valence-corrected chi connectivity index (χ0v) is 15.4. The molecule has 0 saturated heterocycles. The zero-order chi connectivity index (χ0) is 18.9. The molecule has 0 spiro atoms. The number of carbonyl (C=O) groups is 1. The minimum absolute atomic E-state index is 0.197. The summed E-state index contributed by atoms with van der Waals surface area (Å²) in [6.45, 7) is 4.74. The predicted octanol–water partition coefficient (Wildman–Crippen LogP) is 2.04. The Kier molecular flexibility index (Phi) is 7.63. The van der Waals surface area contributed by atoms with E-state index in [-0.39, 0.29) is 18.9 Å². The van der Waals surface area contributed by atoms with Gasteiger partial charge in [0, 0.05) is 19.0 Å². The summed E-state index contributed by atoms with van der Waals surface area (Å²) in [4.78, 5) is 11.2. The van der Waals surface area contributed by atoms with Crippen molar-refractivity contribution in [1.82, 2.24) is 5.32 Å². The maximum atomic E-state index is 11.2. The highest BCUT2D eigenvalue weighted by atomic mass is 16.5. The van der Waals surface area contributed by atoms with Gasteiger partial charge in [-0.1, -0.05) is 56.3 Å². The third kappa shape index (κ3) is 6.86. The van der Waals surface area contributed by atoms with Gasteiger partial charge in [-0.3, -0.25) is 4.79 Å². The Morgan fingerprint density at radius 2 is 1.88 bits per heavy atom. The Morgan fingerprint density at radius 3 is 2.54 bits per heavy atom. The second kappa shape index (κ2) is 9.94. The van der Waals surface area contributed by atoms with Crippen molar-refractivity contribution in [3.8, 4) is 5.75 Å². The third-order valence-corrected chi connectivity index (χ3v) is 3.93. The molecule has 2 aromatic carbocycles. The van der Waals surface area contributed by atoms with Crippen LogP contribution >= 0.6 is 0 Å². The third-order valence-electron chi connectivity index (χ3n) is 3.93. The summed E-state index contributed by atoms with van der Waals surface area (Å²) in [5.74, 6) is 0.352. The number of aliphatic hydroxyl groups is 1. The fraction of sp³-hybridized carbons (Fsp3) is 0.381. The molecule has 140 valence electrons. The summed E-state index contributed by atoms with van der Waals surface area (Å²) in [5, 5.41) is 13.3. The van der Waals surface area contributed by atoms with Crippen LogP contribution in [0, 0.1) is 0 Å². The van der Waals surface area contributed by atoms with Crippen molar-refractivity contribution in [2.24, 2.45) is 5.73 Å². The molecular formula is C21H28N2O3. The van der Waals surface area contributed by atoms with Crippen LogP contribution in [-0.2, 0) is 17.6 Å². The van der Waals surface area contributed by atoms with Crippen LogP contribution in [-0.4, -0.2) is 36.3 Å². The zero-order valence-electron chi connectivity index (χ0n) is 15.4. The Labute approximate surface area is 155 Å². The molecule has 1 atom stereocenters. The smallest absolute Gasteiger partial charge is 0.221 e. The van der Waals surface area contributed by atoms with Crippen LogP contribution in [0.2, 0.25) is 0 Å². The molecule has 5 heteroatoms. The SMILES string of the molecule is CC(C)NCC(O)COc1ccc(CC(N)=O)cc1Cc1ccccc1. The number of amides is 1. The van der Waals surface area contributed by atoms with E-state index in [1.165, 1.54) is 0 Å². The molecule has 0 bridgehead atoms. The lowest BCUT2D eigenvalue weighted by Gasteiger charge is -2.17. The van der Waals surface area contributed by atoms with E-state index < -0.39 is 6.10 Å². The number of rotatable bonds is 10. The Morgan fingerprint density at radius 1 is 1.15 bits per heavy atom. The molecule has 1 unspecified atom stereocenters. The van der Waals surface area contributed by atoms with Gasteiger partial charge in [0.2, 0.25) is 5.91 Å². The molecular weight excluding hydrogens is 328 g/mol. The van der Waals surface area contributed by atoms with Crippen molar-refractivity contribution in [3.05, 3.63) is 65.2 Å². The predicted molar refractivity (Wildman–Crippen MR) is 103 cm³/mol. The maximum absolute atomic E-state index is 11.2. The maximum Gasteiger partial charge on any atom is 0.221 e. The van der Waals surface area contributed by atoms with E-state index in [1.807, 2.05) is 62.4 Å². The van der Waals surface area contributed by atoms with E-state index >= 15 is 0 Å². The number of ether oxygens (including phenoxy) is 1. The van der Waals surface area contributed by atoms with Gasteiger partial charge in [-0.15, -0.1) is 0 Å². The molecule has 0 aliphatic heterocycles. The number of hydrogen-bond acceptors (Lipinski definition) is 4. The first-order chi connectivity index (χ1) is 12.4. The van der Waals surface area contributed by atoms with E-state index in [2.05, 4.69) is 5.32 Å². The molecule has 4 N–H and O–H groups in total. The van der Waals surface area contributed by atoms with Crippen LogP contribution < -0.4 is 15.8 Å². The molecule has 2 rings (SSSR count). The molecule has 0 aliphatic rings. The van der Waals surface area contributed by atoms with Gasteiger partial charge >= 0.3 is 0 Å². The first-order valence-corrected chi connectivity index (χ1v) is 8.92. The lowest BCUT2D eigenvalue weighted by Crippen LogP contribution is -2.35. The molecule has 0 saturated carbocycles. The highest BCUT2D eigenvalue weighted by Crippen LogP contribution is 2.24. The van der Waals surface area contributed by atoms with E-state index in [1.54, 1.807) is 0 Å². The van der Waals surface area contributed by atoms with Gasteiger partial charge in [0.1, 0.15) is 18.5 Å². The van der Waals surface area contributed by atoms with Gasteiger partial charge in [0.25, 0.3) is 0 Å². The second-order valence-corrected chi connectivity index (χ2v) is 6.78. The number of benzene rings is 2. The van der Waals surface area contributed by atoms with Crippen molar-refractivity contribution in [2.45, 2.75) is 38.8 Å². The summed E-state index contributed by atoms with van der Waals surface area (Å²) < 4.78 is 5.86. The van der Waals surface area contributed by atoms with Crippen LogP contribution in [0.1, 0.15) is 30.5 Å². The number of aliphatic hydroxyl groups excluding tert-OH is 1. The van der Waals surface area contributed by atoms with Gasteiger partial charge in [-0.2, -0.15) is 0 Å². The fourth-order valence-electron chi connectivity index (χ4n) is 2.66. The van der Waals surface area contributed by atoms with Crippen LogP contribution in [0.25, 0.3) is 0 Å². The summed E-state index contributed by atoms with van der Waals surface area (Å²) >= 11 is 0. The van der Waals surface area contributed by atoms with Crippen molar-refractivity contribution >= 4 is 5.91 Å². The standard InChI is InChI=1S/C21H28N2O3/c1-15(2)23-13-19(24)14-26-20-9-8-17(12-21(22)25)11-18(20)10-16-6-4-3-5-7-16/h3-9,11,15,19,23-24H,10,12-14H2,1-2H3,(H2,22,25). The van der Waals surface area contributed by atoms with Crippen LogP contribution in [0.15, 0.2) is 48.5 Å². The van der Waals surface area contributed by atoms with Crippen molar-refractivity contribution in [3.63, 3.8) is 0 Å². The van der Waals surface area contributed by atoms with E-state index in [0.717, 1.165) is 16.7 Å². The van der Waals surface area contributed by atoms with Crippen molar-refractivity contribution in [1.29, 1.82) is 0 Å². The lowest BCUT2D eigenvalue weighted by molar-refractivity contribution is -0.117. The largest absolute Gasteiger partial charge is 0.491 e. The van der Waals surface area contributed by atoms with Gasteiger partial charge < -0.3 is 20.9 Å². The number of hydrogen-bond donors (Lipinski definition) is 3.